The molecule has 5 heteroatoms. The summed E-state index contributed by atoms with van der Waals surface area (Å²) in [5.41, 5.74) is 1.14. The Kier molecular flexibility index (Phi) is 11.1. The molecule has 0 spiro atoms. The molecular weight excluding hydrogens is 771 g/mol. The van der Waals surface area contributed by atoms with Crippen molar-refractivity contribution in [2.45, 2.75) is 57.7 Å². The van der Waals surface area contributed by atoms with Crippen molar-refractivity contribution in [2.75, 3.05) is 6.61 Å². The van der Waals surface area contributed by atoms with E-state index in [0.29, 0.717) is 6.61 Å². The molecule has 0 N–H and O–H groups in total. The molecule has 0 aromatic heterocycles. The van der Waals surface area contributed by atoms with Gasteiger partial charge in [-0.3, -0.25) is 0 Å². The van der Waals surface area contributed by atoms with E-state index in [1.807, 2.05) is 13.8 Å². The molecule has 0 radical (unpaired) electrons. The summed E-state index contributed by atoms with van der Waals surface area (Å²) in [5, 5.41) is 2.32. The molecule has 3 nitrogen and oxygen atoms in total. The van der Waals surface area contributed by atoms with E-state index in [9.17, 15) is 0 Å². The molecule has 53 heavy (non-hydrogen) atoms. The summed E-state index contributed by atoms with van der Waals surface area (Å²) in [7, 11) is -2.88. The van der Waals surface area contributed by atoms with E-state index in [1.165, 1.54) is 24.7 Å². The maximum atomic E-state index is 7.63. The third kappa shape index (κ3) is 7.40. The van der Waals surface area contributed by atoms with E-state index in [0.717, 1.165) is 5.56 Å². The van der Waals surface area contributed by atoms with Gasteiger partial charge in [-0.15, -0.1) is 0 Å². The van der Waals surface area contributed by atoms with Gasteiger partial charge in [0, 0.05) is 0 Å². The van der Waals surface area contributed by atoms with Gasteiger partial charge in [0.1, 0.15) is 0 Å². The molecule has 1 heterocycles. The van der Waals surface area contributed by atoms with Gasteiger partial charge in [-0.05, 0) is 0 Å². The zero-order valence-corrected chi connectivity index (χ0v) is 35.3. The standard InChI is InChI=1S/C30H35O3Si.3C6H5.Sn/c1-29(2,3)34(25-17-11-7-12-18-25,26-19-13-8-14-20-26)31-23-28-27(32-30(4,5)33-28)22-21-24-15-9-6-10-16-24;3*1-2-4-6-5-3-1;/h6-21,27-28H,23H2,1-5H3;3*1-5H;/t27-,28+;;;;/m0..../s1. The van der Waals surface area contributed by atoms with Crippen LogP contribution in [0.25, 0.3) is 6.08 Å². The fraction of sp³-hybridized carbons (Fsp3) is 0.208. The van der Waals surface area contributed by atoms with Crippen LogP contribution in [-0.4, -0.2) is 51.3 Å². The van der Waals surface area contributed by atoms with Crippen LogP contribution >= 0.6 is 0 Å². The Bertz CT molecular complexity index is 1950. The fourth-order valence-electron chi connectivity index (χ4n) is 8.39. The van der Waals surface area contributed by atoms with Gasteiger partial charge in [-0.2, -0.15) is 0 Å². The van der Waals surface area contributed by atoms with E-state index in [4.69, 9.17) is 13.9 Å². The second-order valence-corrected chi connectivity index (χ2v) is 30.6. The van der Waals surface area contributed by atoms with E-state index in [1.54, 1.807) is 0 Å². The molecule has 2 atom stereocenters. The molecule has 268 valence electrons. The van der Waals surface area contributed by atoms with Gasteiger partial charge in [0.15, 0.2) is 0 Å². The molecule has 6 aromatic rings. The second kappa shape index (κ2) is 15.7. The predicted octanol–water partition coefficient (Wildman–Crippen LogP) is 7.88. The minimum atomic E-state index is -4.21. The monoisotopic (exact) mass is 822 g/mol. The topological polar surface area (TPSA) is 27.7 Å². The summed E-state index contributed by atoms with van der Waals surface area (Å²) in [5.74, 6) is -0.832. The first-order valence-electron chi connectivity index (χ1n) is 18.7. The van der Waals surface area contributed by atoms with Crippen molar-refractivity contribution in [3.05, 3.63) is 191 Å². The first kappa shape index (κ1) is 37.3. The van der Waals surface area contributed by atoms with Crippen LogP contribution in [0, 0.1) is 0 Å². The van der Waals surface area contributed by atoms with Crippen LogP contribution in [0.3, 0.4) is 0 Å². The van der Waals surface area contributed by atoms with Gasteiger partial charge >= 0.3 is 323 Å². The van der Waals surface area contributed by atoms with Crippen molar-refractivity contribution in [3.63, 3.8) is 0 Å². The van der Waals surface area contributed by atoms with Crippen molar-refractivity contribution in [1.29, 1.82) is 0 Å². The molecule has 6 aromatic carbocycles. The van der Waals surface area contributed by atoms with Crippen LogP contribution < -0.4 is 21.1 Å². The number of rotatable bonds is 11. The minimum absolute atomic E-state index is 0.177. The van der Waals surface area contributed by atoms with Crippen LogP contribution in [-0.2, 0) is 13.9 Å². The van der Waals surface area contributed by atoms with Crippen LogP contribution in [0.2, 0.25) is 5.04 Å². The van der Waals surface area contributed by atoms with Gasteiger partial charge in [0.25, 0.3) is 0 Å². The number of hydrogen-bond donors (Lipinski definition) is 0. The summed E-state index contributed by atoms with van der Waals surface area (Å²) < 4.78 is 27.3. The third-order valence-electron chi connectivity index (χ3n) is 10.5. The Balaban J connectivity index is 1.46. The maximum absolute atomic E-state index is 7.63. The van der Waals surface area contributed by atoms with Crippen molar-refractivity contribution in [3.8, 4) is 0 Å². The van der Waals surface area contributed by atoms with Crippen molar-refractivity contribution in [1.82, 2.24) is 0 Å². The molecule has 0 amide bonds. The van der Waals surface area contributed by atoms with Gasteiger partial charge in [0.05, 0.1) is 0 Å². The average molecular weight is 822 g/mol. The van der Waals surface area contributed by atoms with Gasteiger partial charge < -0.3 is 0 Å². The van der Waals surface area contributed by atoms with E-state index >= 15 is 0 Å². The quantitative estimate of drug-likeness (QED) is 0.125. The zero-order valence-electron chi connectivity index (χ0n) is 31.5. The number of ether oxygens (including phenoxy) is 2. The summed E-state index contributed by atoms with van der Waals surface area (Å²) >= 11 is -4.21. The summed E-state index contributed by atoms with van der Waals surface area (Å²) in [6, 6.07) is 66.0. The van der Waals surface area contributed by atoms with Gasteiger partial charge in [-0.1, -0.05) is 0 Å². The Hall–Kier alpha value is -4.04. The molecule has 1 aliphatic heterocycles. The Morgan fingerprint density at radius 3 is 1.36 bits per heavy atom. The summed E-state index contributed by atoms with van der Waals surface area (Å²) in [4.78, 5) is 0. The first-order valence-corrected chi connectivity index (χ1v) is 26.3. The van der Waals surface area contributed by atoms with Crippen LogP contribution in [0.15, 0.2) is 186 Å². The fourth-order valence-corrected chi connectivity index (χ4v) is 27.6. The molecule has 1 saturated heterocycles. The molecule has 0 bridgehead atoms. The SMILES string of the molecule is CC1(C)O[C@H](CO[Si](c2ccccc2)(c2ccccc2)C(C)(C)C)[C@H](/[C](=C/c2ccccc2)[Sn]([c]2ccccc2)([c]2ccccc2)[c]2ccccc2)O1. The van der Waals surface area contributed by atoms with Crippen LogP contribution in [0.5, 0.6) is 0 Å². The Morgan fingerprint density at radius 2 is 0.962 bits per heavy atom. The normalized spacial score (nSPS) is 17.8. The van der Waals surface area contributed by atoms with Crippen LogP contribution in [0.1, 0.15) is 40.2 Å². The van der Waals surface area contributed by atoms with Crippen molar-refractivity contribution < 1.29 is 13.9 Å². The van der Waals surface area contributed by atoms with E-state index in [2.05, 4.69) is 209 Å². The van der Waals surface area contributed by atoms with Crippen molar-refractivity contribution >= 4 is 53.9 Å². The van der Waals surface area contributed by atoms with Gasteiger partial charge in [0.2, 0.25) is 0 Å². The van der Waals surface area contributed by atoms with Gasteiger partial charge in [-0.25, -0.2) is 0 Å². The molecule has 7 rings (SSSR count). The molecule has 0 saturated carbocycles. The average Bonchev–Trinajstić information content (AvgIpc) is 3.50. The zero-order chi connectivity index (χ0) is 36.9. The Labute approximate surface area is 321 Å². The van der Waals surface area contributed by atoms with Crippen LogP contribution in [0.4, 0.5) is 0 Å². The summed E-state index contributed by atoms with van der Waals surface area (Å²) in [6.45, 7) is 11.5. The molecule has 0 aliphatic carbocycles. The van der Waals surface area contributed by atoms with E-state index < -0.39 is 32.5 Å². The first-order chi connectivity index (χ1) is 25.6. The molecule has 0 unspecified atom stereocenters. The molecular formula is C48H50O3SiSn. The van der Waals surface area contributed by atoms with E-state index in [-0.39, 0.29) is 17.2 Å². The predicted molar refractivity (Wildman–Crippen MR) is 226 cm³/mol. The van der Waals surface area contributed by atoms with Crippen molar-refractivity contribution in [2.24, 2.45) is 0 Å². The number of hydrogen-bond acceptors (Lipinski definition) is 3. The molecule has 1 aliphatic rings. The Morgan fingerprint density at radius 1 is 0.585 bits per heavy atom. The second-order valence-electron chi connectivity index (χ2n) is 15.4. The summed E-state index contributed by atoms with van der Waals surface area (Å²) in [6.07, 6.45) is 1.68. The third-order valence-corrected chi connectivity index (χ3v) is 29.5. The number of benzene rings is 6. The molecule has 1 fully saturated rings.